The minimum Gasteiger partial charge on any atom is -0.497 e. The molecule has 3 rings (SSSR count). The van der Waals surface area contributed by atoms with E-state index in [0.29, 0.717) is 41.7 Å². The van der Waals surface area contributed by atoms with Crippen LogP contribution in [0.15, 0.2) is 30.3 Å². The smallest absolute Gasteiger partial charge is 0.225 e. The van der Waals surface area contributed by atoms with Crippen LogP contribution in [0.1, 0.15) is 30.4 Å². The van der Waals surface area contributed by atoms with Gasteiger partial charge in [-0.1, -0.05) is 12.1 Å². The highest BCUT2D eigenvalue weighted by Crippen LogP contribution is 2.48. The SMILES string of the molecule is CCOc1c(OC)cccc1[C@H]1CC(=O)Nc2cc(OC)cc(OC)c21. The van der Waals surface area contributed by atoms with Crippen molar-refractivity contribution >= 4 is 11.6 Å². The van der Waals surface area contributed by atoms with E-state index in [1.807, 2.05) is 37.3 Å². The van der Waals surface area contributed by atoms with Crippen LogP contribution in [-0.2, 0) is 4.79 Å². The first-order valence-corrected chi connectivity index (χ1v) is 8.48. The van der Waals surface area contributed by atoms with Gasteiger partial charge in [-0.25, -0.2) is 0 Å². The Balaban J connectivity index is 2.21. The lowest BCUT2D eigenvalue weighted by Crippen LogP contribution is -2.24. The normalized spacial score (nSPS) is 15.7. The van der Waals surface area contributed by atoms with Gasteiger partial charge in [0.15, 0.2) is 11.5 Å². The number of carbonyl (C=O) groups is 1. The largest absolute Gasteiger partial charge is 0.497 e. The highest BCUT2D eigenvalue weighted by atomic mass is 16.5. The maximum atomic E-state index is 12.4. The number of carbonyl (C=O) groups excluding carboxylic acids is 1. The zero-order valence-electron chi connectivity index (χ0n) is 15.4. The highest BCUT2D eigenvalue weighted by molar-refractivity contribution is 5.96. The lowest BCUT2D eigenvalue weighted by atomic mass is 9.83. The Kier molecular flexibility index (Phi) is 5.21. The number of benzene rings is 2. The standard InChI is InChI=1S/C20H23NO5/c1-5-26-20-13(7-6-8-16(20)24-3)14-11-18(22)21-15-9-12(23-2)10-17(25-4)19(14)15/h6-10,14H,5,11H2,1-4H3,(H,21,22)/t14-/m1/s1. The number of anilines is 1. The molecular formula is C20H23NO5. The second-order valence-electron chi connectivity index (χ2n) is 5.91. The van der Waals surface area contributed by atoms with Crippen molar-refractivity contribution in [2.45, 2.75) is 19.3 Å². The van der Waals surface area contributed by atoms with Crippen molar-refractivity contribution in [2.24, 2.45) is 0 Å². The Morgan fingerprint density at radius 1 is 1.08 bits per heavy atom. The van der Waals surface area contributed by atoms with Crippen LogP contribution in [-0.4, -0.2) is 33.8 Å². The fourth-order valence-electron chi connectivity index (χ4n) is 3.37. The summed E-state index contributed by atoms with van der Waals surface area (Å²) in [4.78, 5) is 12.4. The Labute approximate surface area is 153 Å². The number of amides is 1. The molecule has 6 nitrogen and oxygen atoms in total. The molecule has 0 bridgehead atoms. The summed E-state index contributed by atoms with van der Waals surface area (Å²) >= 11 is 0. The van der Waals surface area contributed by atoms with Crippen LogP contribution >= 0.6 is 0 Å². The predicted octanol–water partition coefficient (Wildman–Crippen LogP) is 3.59. The average Bonchev–Trinajstić information content (AvgIpc) is 2.66. The van der Waals surface area contributed by atoms with E-state index >= 15 is 0 Å². The van der Waals surface area contributed by atoms with Gasteiger partial charge < -0.3 is 24.3 Å². The van der Waals surface area contributed by atoms with Crippen molar-refractivity contribution in [1.29, 1.82) is 0 Å². The molecule has 138 valence electrons. The molecule has 1 N–H and O–H groups in total. The molecule has 2 aromatic rings. The van der Waals surface area contributed by atoms with Crippen LogP contribution < -0.4 is 24.3 Å². The predicted molar refractivity (Wildman–Crippen MR) is 98.8 cm³/mol. The minimum atomic E-state index is -0.212. The number of hydrogen-bond acceptors (Lipinski definition) is 5. The first-order valence-electron chi connectivity index (χ1n) is 8.48. The molecule has 0 saturated carbocycles. The fraction of sp³-hybridized carbons (Fsp3) is 0.350. The molecular weight excluding hydrogens is 334 g/mol. The zero-order valence-corrected chi connectivity index (χ0v) is 15.4. The minimum absolute atomic E-state index is 0.0666. The number of nitrogens with one attached hydrogen (secondary N) is 1. The van der Waals surface area contributed by atoms with Crippen LogP contribution in [0.25, 0.3) is 0 Å². The second-order valence-corrected chi connectivity index (χ2v) is 5.91. The van der Waals surface area contributed by atoms with Crippen LogP contribution in [0.3, 0.4) is 0 Å². The van der Waals surface area contributed by atoms with E-state index in [1.165, 1.54) is 0 Å². The van der Waals surface area contributed by atoms with E-state index in [-0.39, 0.29) is 11.8 Å². The van der Waals surface area contributed by atoms with Gasteiger partial charge in [-0.05, 0) is 13.0 Å². The van der Waals surface area contributed by atoms with Crippen molar-refractivity contribution in [2.75, 3.05) is 33.3 Å². The summed E-state index contributed by atoms with van der Waals surface area (Å²) in [7, 11) is 4.80. The molecule has 0 fully saturated rings. The monoisotopic (exact) mass is 357 g/mol. The first kappa shape index (κ1) is 17.9. The van der Waals surface area contributed by atoms with E-state index in [2.05, 4.69) is 5.32 Å². The maximum Gasteiger partial charge on any atom is 0.225 e. The van der Waals surface area contributed by atoms with Gasteiger partial charge in [0.05, 0.1) is 33.6 Å². The Morgan fingerprint density at radius 2 is 1.85 bits per heavy atom. The van der Waals surface area contributed by atoms with Gasteiger partial charge in [-0.3, -0.25) is 4.79 Å². The van der Waals surface area contributed by atoms with Crippen LogP contribution in [0, 0.1) is 0 Å². The first-order chi connectivity index (χ1) is 12.6. The van der Waals surface area contributed by atoms with Crippen molar-refractivity contribution in [3.63, 3.8) is 0 Å². The van der Waals surface area contributed by atoms with Gasteiger partial charge in [-0.2, -0.15) is 0 Å². The molecule has 2 aromatic carbocycles. The maximum absolute atomic E-state index is 12.4. The highest BCUT2D eigenvalue weighted by Gasteiger charge is 2.33. The van der Waals surface area contributed by atoms with E-state index in [0.717, 1.165) is 11.1 Å². The molecule has 1 atom stereocenters. The molecule has 1 aliphatic heterocycles. The lowest BCUT2D eigenvalue weighted by Gasteiger charge is -2.29. The van der Waals surface area contributed by atoms with Gasteiger partial charge in [0, 0.05) is 35.6 Å². The molecule has 0 radical (unpaired) electrons. The number of methoxy groups -OCH3 is 3. The number of fused-ring (bicyclic) bond motifs is 1. The summed E-state index contributed by atoms with van der Waals surface area (Å²) in [5.74, 6) is 2.30. The van der Waals surface area contributed by atoms with E-state index in [1.54, 1.807) is 21.3 Å². The summed E-state index contributed by atoms with van der Waals surface area (Å²) in [6, 6.07) is 9.35. The van der Waals surface area contributed by atoms with E-state index in [9.17, 15) is 4.79 Å². The van der Waals surface area contributed by atoms with Crippen molar-refractivity contribution in [3.05, 3.63) is 41.5 Å². The van der Waals surface area contributed by atoms with Gasteiger partial charge in [0.1, 0.15) is 11.5 Å². The second kappa shape index (κ2) is 7.56. The number of para-hydroxylation sites is 1. The molecule has 0 aromatic heterocycles. The third-order valence-electron chi connectivity index (χ3n) is 4.48. The van der Waals surface area contributed by atoms with Gasteiger partial charge >= 0.3 is 0 Å². The Hall–Kier alpha value is -2.89. The zero-order chi connectivity index (χ0) is 18.7. The van der Waals surface area contributed by atoms with Gasteiger partial charge in [0.25, 0.3) is 0 Å². The fourth-order valence-corrected chi connectivity index (χ4v) is 3.37. The molecule has 1 amide bonds. The van der Waals surface area contributed by atoms with Crippen LogP contribution in [0.2, 0.25) is 0 Å². The number of rotatable bonds is 6. The third kappa shape index (κ3) is 3.14. The number of hydrogen-bond donors (Lipinski definition) is 1. The average molecular weight is 357 g/mol. The van der Waals surface area contributed by atoms with Crippen LogP contribution in [0.5, 0.6) is 23.0 Å². The number of ether oxygens (including phenoxy) is 4. The summed E-state index contributed by atoms with van der Waals surface area (Å²) < 4.78 is 22.2. The Morgan fingerprint density at radius 3 is 2.50 bits per heavy atom. The molecule has 0 spiro atoms. The Bertz CT molecular complexity index is 818. The van der Waals surface area contributed by atoms with Crippen molar-refractivity contribution < 1.29 is 23.7 Å². The molecule has 26 heavy (non-hydrogen) atoms. The molecule has 0 saturated heterocycles. The van der Waals surface area contributed by atoms with Gasteiger partial charge in [-0.15, -0.1) is 0 Å². The molecule has 0 aliphatic carbocycles. The molecule has 6 heteroatoms. The summed E-state index contributed by atoms with van der Waals surface area (Å²) in [5.41, 5.74) is 2.49. The summed E-state index contributed by atoms with van der Waals surface area (Å²) in [6.07, 6.45) is 0.295. The third-order valence-corrected chi connectivity index (χ3v) is 4.48. The lowest BCUT2D eigenvalue weighted by molar-refractivity contribution is -0.116. The molecule has 0 unspecified atom stereocenters. The quantitative estimate of drug-likeness (QED) is 0.856. The summed E-state index contributed by atoms with van der Waals surface area (Å²) in [6.45, 7) is 2.42. The van der Waals surface area contributed by atoms with Gasteiger partial charge in [0.2, 0.25) is 5.91 Å². The van der Waals surface area contributed by atoms with E-state index in [4.69, 9.17) is 18.9 Å². The molecule has 1 aliphatic rings. The van der Waals surface area contributed by atoms with E-state index < -0.39 is 0 Å². The van der Waals surface area contributed by atoms with Crippen molar-refractivity contribution in [3.8, 4) is 23.0 Å². The molecule has 1 heterocycles. The van der Waals surface area contributed by atoms with Crippen molar-refractivity contribution in [1.82, 2.24) is 0 Å². The van der Waals surface area contributed by atoms with Crippen LogP contribution in [0.4, 0.5) is 5.69 Å². The topological polar surface area (TPSA) is 66.0 Å². The summed E-state index contributed by atoms with van der Waals surface area (Å²) in [5, 5.41) is 2.92.